The minimum Gasteiger partial charge on any atom is -0.102 e. The first-order chi connectivity index (χ1) is 32.2. The number of hydrogen-bond acceptors (Lipinski definition) is 0. The summed E-state index contributed by atoms with van der Waals surface area (Å²) < 4.78 is 0. The van der Waals surface area contributed by atoms with Crippen molar-refractivity contribution in [2.24, 2.45) is 0 Å². The molecule has 1 aliphatic rings. The van der Waals surface area contributed by atoms with Gasteiger partial charge in [-0.3, -0.25) is 0 Å². The molecule has 1 aliphatic heterocycles. The van der Waals surface area contributed by atoms with Gasteiger partial charge in [-0.15, -0.1) is 65.6 Å². The van der Waals surface area contributed by atoms with E-state index < -0.39 is 0 Å². The predicted molar refractivity (Wildman–Crippen MR) is 400 cm³/mol. The van der Waals surface area contributed by atoms with Crippen molar-refractivity contribution in [3.63, 3.8) is 0 Å². The maximum atomic E-state index is 2.49. The zero-order valence-electron chi connectivity index (χ0n) is 47.7. The van der Waals surface area contributed by atoms with Crippen molar-refractivity contribution in [2.75, 3.05) is 0 Å². The van der Waals surface area contributed by atoms with Crippen LogP contribution in [0.3, 0.4) is 0 Å². The SMILES string of the molecule is Bc1c(B)c(B)c(-c2c(B)c(-c3c4c(B)c(B)c(B)c(B)c4c(-c4c(B)c(B)c5c(c4B)-c4c(B)c(B)c(B)c(B)c4B5)c4c(B)c(B)c(B)c(B)c34)c3c(B)c(B)c(B)c(B)c3c2B)c(B)c1B. The first-order valence-electron chi connectivity index (χ1n) is 26.0. The molecule has 0 saturated carbocycles. The van der Waals surface area contributed by atoms with Gasteiger partial charge in [0.05, 0.1) is 0 Å². The zero-order chi connectivity index (χ0) is 51.0. The third-order valence-electron chi connectivity index (χ3n) is 20.4. The van der Waals surface area contributed by atoms with E-state index in [0.29, 0.717) is 0 Å². The van der Waals surface area contributed by atoms with Crippen LogP contribution in [0.25, 0.3) is 76.8 Å². The summed E-state index contributed by atoms with van der Waals surface area (Å²) in [7, 11) is 63.5. The highest BCUT2D eigenvalue weighted by Crippen LogP contribution is 2.41. The van der Waals surface area contributed by atoms with Crippen molar-refractivity contribution >= 4 is 397 Å². The van der Waals surface area contributed by atoms with Gasteiger partial charge < -0.3 is 0 Å². The summed E-state index contributed by atoms with van der Waals surface area (Å²) in [5.41, 5.74) is 51.4. The molecule has 69 heavy (non-hydrogen) atoms. The van der Waals surface area contributed by atoms with Crippen LogP contribution in [0, 0.1) is 0 Å². The van der Waals surface area contributed by atoms with Crippen LogP contribution in [0.1, 0.15) is 0 Å². The Morgan fingerprint density at radius 2 is 0.333 bits per heavy atom. The summed E-state index contributed by atoms with van der Waals surface area (Å²) in [5, 5.41) is 8.59. The second kappa shape index (κ2) is 16.9. The monoisotopic (exact) mass is 855 g/mol. The molecule has 0 fully saturated rings. The quantitative estimate of drug-likeness (QED) is 0.123. The molecule has 9 rings (SSSR count). The molecule has 27 heteroatoms. The molecule has 0 N–H and O–H groups in total. The molecule has 0 spiro atoms. The summed E-state index contributed by atoms with van der Waals surface area (Å²) in [6.45, 7) is 0. The number of benzene rings is 8. The van der Waals surface area contributed by atoms with Crippen molar-refractivity contribution in [2.45, 2.75) is 0 Å². The smallest absolute Gasteiger partial charge is 0.102 e. The van der Waals surface area contributed by atoms with Crippen LogP contribution in [0.4, 0.5) is 0 Å². The van der Waals surface area contributed by atoms with Crippen LogP contribution in [0.15, 0.2) is 0 Å². The second-order valence-corrected chi connectivity index (χ2v) is 22.6. The summed E-state index contributed by atoms with van der Waals surface area (Å²) in [6, 6.07) is 0. The molecular formula is C42H53B27. The molecule has 0 bridgehead atoms. The van der Waals surface area contributed by atoms with E-state index in [1.165, 1.54) is 230 Å². The highest BCUT2D eigenvalue weighted by molar-refractivity contribution is 6.86. The molecule has 0 aromatic heterocycles. The third kappa shape index (κ3) is 6.47. The first kappa shape index (κ1) is 50.2. The predicted octanol–water partition coefficient (Wildman–Crippen LogP) is -35.8. The van der Waals surface area contributed by atoms with Gasteiger partial charge >= 0.3 is 0 Å². The van der Waals surface area contributed by atoms with Gasteiger partial charge in [0.2, 0.25) is 0 Å². The Morgan fingerprint density at radius 1 is 0.130 bits per heavy atom. The maximum absolute atomic E-state index is 2.49. The summed E-state index contributed by atoms with van der Waals surface area (Å²) in [4.78, 5) is 0. The minimum absolute atomic E-state index is 1.01. The van der Waals surface area contributed by atoms with E-state index in [2.05, 4.69) is 204 Å². The van der Waals surface area contributed by atoms with E-state index in [0.717, 1.165) is 7.28 Å². The topological polar surface area (TPSA) is 0 Å². The lowest BCUT2D eigenvalue weighted by Gasteiger charge is -2.33. The fraction of sp³-hybridized carbons (Fsp3) is 0. The second-order valence-electron chi connectivity index (χ2n) is 22.6. The van der Waals surface area contributed by atoms with Crippen LogP contribution >= 0.6 is 0 Å². The van der Waals surface area contributed by atoms with Crippen molar-refractivity contribution in [1.82, 2.24) is 0 Å². The van der Waals surface area contributed by atoms with Gasteiger partial charge in [0.1, 0.15) is 204 Å². The first-order valence-corrected chi connectivity index (χ1v) is 26.0. The van der Waals surface area contributed by atoms with E-state index in [1.54, 1.807) is 0 Å². The Morgan fingerprint density at radius 3 is 0.725 bits per heavy atom. The average molecular weight is 850 g/mol. The molecule has 0 saturated heterocycles. The van der Waals surface area contributed by atoms with Crippen molar-refractivity contribution in [1.29, 1.82) is 0 Å². The van der Waals surface area contributed by atoms with E-state index in [1.807, 2.05) is 0 Å². The summed E-state index contributed by atoms with van der Waals surface area (Å²) in [6.07, 6.45) is 0. The van der Waals surface area contributed by atoms with Gasteiger partial charge in [-0.1, -0.05) is 87.4 Å². The fourth-order valence-corrected chi connectivity index (χ4v) is 14.3. The molecule has 0 atom stereocenters. The van der Waals surface area contributed by atoms with E-state index >= 15 is 0 Å². The Kier molecular flexibility index (Phi) is 12.3. The van der Waals surface area contributed by atoms with Gasteiger partial charge in [0.25, 0.3) is 0 Å². The van der Waals surface area contributed by atoms with E-state index in [9.17, 15) is 0 Å². The van der Waals surface area contributed by atoms with Gasteiger partial charge in [-0.25, -0.2) is 0 Å². The molecule has 8 aromatic rings. The largest absolute Gasteiger partial charge is 0.192 e. The molecule has 1 heterocycles. The molecule has 0 nitrogen and oxygen atoms in total. The van der Waals surface area contributed by atoms with Crippen LogP contribution in [-0.2, 0) is 0 Å². The van der Waals surface area contributed by atoms with Gasteiger partial charge in [-0.2, -0.15) is 0 Å². The average Bonchev–Trinajstić information content (AvgIpc) is 3.73. The number of hydrogen-bond donors (Lipinski definition) is 0. The Hall–Kier alpha value is -3.71. The van der Waals surface area contributed by atoms with Crippen LogP contribution < -0.4 is 153 Å². The molecule has 0 aliphatic carbocycles. The van der Waals surface area contributed by atoms with Crippen molar-refractivity contribution in [3.8, 4) is 44.5 Å². The van der Waals surface area contributed by atoms with Crippen molar-refractivity contribution in [3.05, 3.63) is 0 Å². The standard InChI is InChI=1S/C42H53B27/c43-15-3(8-10(23(51)33(61)32(60)22(8)50)16(44)11(15)12-24(52)34(62)37(65)35(63)25(12)53)1-4-6(20(48)30(58)28(56)18(4)46)2(7-5(1)19(47)29(57)31(59)21(7)49)9-17(45)13-14-27(55)36(64)38(66)40(68)42(14)69-41(13)39(67)26(9)54/h69H,43-68H2. The molecule has 0 amide bonds. The summed E-state index contributed by atoms with van der Waals surface area (Å²) in [5.74, 6) is 0. The number of rotatable bonds is 3. The number of fused-ring (bicyclic) bond motifs is 6. The lowest BCUT2D eigenvalue weighted by Crippen LogP contribution is -2.56. The van der Waals surface area contributed by atoms with Gasteiger partial charge in [0.15, 0.2) is 7.28 Å². The fourth-order valence-electron chi connectivity index (χ4n) is 14.3. The lowest BCUT2D eigenvalue weighted by atomic mass is 9.54. The Balaban J connectivity index is 1.66. The molecular weight excluding hydrogens is 796 g/mol. The Bertz CT molecular complexity index is 3710. The molecule has 8 aromatic carbocycles. The minimum atomic E-state index is 1.01. The van der Waals surface area contributed by atoms with Gasteiger partial charge in [0, 0.05) is 0 Å². The van der Waals surface area contributed by atoms with Crippen LogP contribution in [-0.4, -0.2) is 211 Å². The highest BCUT2D eigenvalue weighted by Gasteiger charge is 2.34. The highest BCUT2D eigenvalue weighted by atomic mass is 14.3. The van der Waals surface area contributed by atoms with E-state index in [4.69, 9.17) is 0 Å². The normalized spacial score (nSPS) is 11.9. The maximum Gasteiger partial charge on any atom is 0.192 e. The summed E-state index contributed by atoms with van der Waals surface area (Å²) >= 11 is 0. The zero-order valence-corrected chi connectivity index (χ0v) is 47.7. The van der Waals surface area contributed by atoms with Gasteiger partial charge in [-0.05, 0) is 76.8 Å². The molecule has 302 valence electrons. The van der Waals surface area contributed by atoms with E-state index in [-0.39, 0.29) is 0 Å². The molecule has 0 unspecified atom stereocenters. The molecule has 0 radical (unpaired) electrons. The van der Waals surface area contributed by atoms with Crippen molar-refractivity contribution < 1.29 is 0 Å². The third-order valence-corrected chi connectivity index (χ3v) is 20.4. The lowest BCUT2D eigenvalue weighted by molar-refractivity contribution is 1.82. The Labute approximate surface area is 438 Å². The van der Waals surface area contributed by atoms with Crippen LogP contribution in [0.5, 0.6) is 0 Å². The van der Waals surface area contributed by atoms with Crippen LogP contribution in [0.2, 0.25) is 0 Å².